The number of carbonyl (C=O) groups is 1. The van der Waals surface area contributed by atoms with Crippen molar-refractivity contribution in [2.45, 2.75) is 13.0 Å². The number of pyridine rings is 1. The number of rotatable bonds is 6. The van der Waals surface area contributed by atoms with Gasteiger partial charge in [-0.15, -0.1) is 5.10 Å². The lowest BCUT2D eigenvalue weighted by Crippen LogP contribution is -2.24. The van der Waals surface area contributed by atoms with Crippen LogP contribution in [-0.2, 0) is 13.0 Å². The second kappa shape index (κ2) is 8.26. The van der Waals surface area contributed by atoms with Crippen LogP contribution in [-0.4, -0.2) is 25.7 Å². The monoisotopic (exact) mass is 369 g/mol. The highest BCUT2D eigenvalue weighted by molar-refractivity contribution is 5.90. The molecule has 2 heterocycles. The maximum atomic E-state index is 12.6. The molecular weight excluding hydrogens is 350 g/mol. The van der Waals surface area contributed by atoms with E-state index in [0.29, 0.717) is 18.8 Å². The lowest BCUT2D eigenvalue weighted by atomic mass is 10.1. The molecule has 28 heavy (non-hydrogen) atoms. The topological polar surface area (TPSA) is 72.7 Å². The Balaban J connectivity index is 1.60. The van der Waals surface area contributed by atoms with Crippen molar-refractivity contribution in [3.63, 3.8) is 0 Å². The third-order valence-electron chi connectivity index (χ3n) is 4.26. The largest absolute Gasteiger partial charge is 0.345 e. The van der Waals surface area contributed by atoms with Crippen LogP contribution in [0.3, 0.4) is 0 Å². The van der Waals surface area contributed by atoms with Gasteiger partial charge in [-0.2, -0.15) is 0 Å². The van der Waals surface area contributed by atoms with Gasteiger partial charge >= 0.3 is 0 Å². The Bertz CT molecular complexity index is 1050. The second-order valence-electron chi connectivity index (χ2n) is 6.31. The molecule has 2 aromatic heterocycles. The molecule has 1 amide bonds. The number of benzene rings is 2. The minimum Gasteiger partial charge on any atom is -0.345 e. The number of carbonyl (C=O) groups excluding carboxylic acids is 1. The molecule has 0 saturated carbocycles. The minimum absolute atomic E-state index is 0.152. The predicted molar refractivity (Wildman–Crippen MR) is 106 cm³/mol. The zero-order valence-corrected chi connectivity index (χ0v) is 15.2. The van der Waals surface area contributed by atoms with E-state index >= 15 is 0 Å². The molecule has 138 valence electrons. The maximum Gasteiger partial charge on any atom is 0.291 e. The molecule has 0 fully saturated rings. The molecule has 0 unspecified atom stereocenters. The Morgan fingerprint density at radius 1 is 0.893 bits per heavy atom. The van der Waals surface area contributed by atoms with Gasteiger partial charge in [-0.25, -0.2) is 9.67 Å². The molecule has 0 spiro atoms. The molecule has 0 atom stereocenters. The van der Waals surface area contributed by atoms with E-state index in [0.717, 1.165) is 16.8 Å². The van der Waals surface area contributed by atoms with Crippen LogP contribution in [0.4, 0.5) is 0 Å². The average molecular weight is 369 g/mol. The first kappa shape index (κ1) is 17.6. The summed E-state index contributed by atoms with van der Waals surface area (Å²) in [5.41, 5.74) is 2.89. The Kier molecular flexibility index (Phi) is 5.20. The van der Waals surface area contributed by atoms with E-state index in [4.69, 9.17) is 0 Å². The fourth-order valence-corrected chi connectivity index (χ4v) is 2.87. The van der Waals surface area contributed by atoms with E-state index < -0.39 is 0 Å². The summed E-state index contributed by atoms with van der Waals surface area (Å²) < 4.78 is 1.73. The van der Waals surface area contributed by atoms with Gasteiger partial charge < -0.3 is 5.32 Å². The SMILES string of the molecule is O=C(NCc1cccnc1)c1nc(Cc2ccccc2)n(-c2ccccc2)n1. The summed E-state index contributed by atoms with van der Waals surface area (Å²) in [4.78, 5) is 21.2. The van der Waals surface area contributed by atoms with Crippen LogP contribution in [0.25, 0.3) is 5.69 Å². The van der Waals surface area contributed by atoms with E-state index in [1.54, 1.807) is 17.1 Å². The molecule has 0 radical (unpaired) electrons. The van der Waals surface area contributed by atoms with Crippen molar-refractivity contribution in [2.24, 2.45) is 0 Å². The highest BCUT2D eigenvalue weighted by atomic mass is 16.2. The van der Waals surface area contributed by atoms with Crippen LogP contribution in [0.2, 0.25) is 0 Å². The normalized spacial score (nSPS) is 10.6. The Morgan fingerprint density at radius 3 is 2.32 bits per heavy atom. The van der Waals surface area contributed by atoms with E-state index in [1.807, 2.05) is 72.8 Å². The number of hydrogen-bond donors (Lipinski definition) is 1. The maximum absolute atomic E-state index is 12.6. The quantitative estimate of drug-likeness (QED) is 0.567. The number of nitrogens with one attached hydrogen (secondary N) is 1. The summed E-state index contributed by atoms with van der Waals surface area (Å²) in [5, 5.41) is 7.32. The first-order valence-corrected chi connectivity index (χ1v) is 9.02. The van der Waals surface area contributed by atoms with Crippen molar-refractivity contribution in [3.05, 3.63) is 108 Å². The fraction of sp³-hybridized carbons (Fsp3) is 0.0909. The average Bonchev–Trinajstić information content (AvgIpc) is 3.18. The van der Waals surface area contributed by atoms with E-state index in [2.05, 4.69) is 20.4 Å². The zero-order valence-electron chi connectivity index (χ0n) is 15.2. The first-order chi connectivity index (χ1) is 13.8. The third-order valence-corrected chi connectivity index (χ3v) is 4.26. The van der Waals surface area contributed by atoms with Crippen molar-refractivity contribution >= 4 is 5.91 Å². The van der Waals surface area contributed by atoms with E-state index in [-0.39, 0.29) is 11.7 Å². The van der Waals surface area contributed by atoms with Gasteiger partial charge in [-0.05, 0) is 29.3 Å². The van der Waals surface area contributed by atoms with E-state index in [9.17, 15) is 4.79 Å². The van der Waals surface area contributed by atoms with Crippen molar-refractivity contribution in [1.29, 1.82) is 0 Å². The number of nitrogens with zero attached hydrogens (tertiary/aromatic N) is 4. The molecule has 0 aliphatic rings. The molecule has 6 heteroatoms. The van der Waals surface area contributed by atoms with Crippen molar-refractivity contribution < 1.29 is 4.79 Å². The van der Waals surface area contributed by atoms with Gasteiger partial charge in [0.25, 0.3) is 5.91 Å². The van der Waals surface area contributed by atoms with Gasteiger partial charge in [-0.1, -0.05) is 54.6 Å². The van der Waals surface area contributed by atoms with Crippen LogP contribution in [0.1, 0.15) is 27.6 Å². The molecule has 4 rings (SSSR count). The van der Waals surface area contributed by atoms with Gasteiger partial charge in [0.05, 0.1) is 5.69 Å². The first-order valence-electron chi connectivity index (χ1n) is 9.02. The van der Waals surface area contributed by atoms with Crippen LogP contribution in [0.5, 0.6) is 0 Å². The van der Waals surface area contributed by atoms with Gasteiger partial charge in [-0.3, -0.25) is 9.78 Å². The molecule has 1 N–H and O–H groups in total. The molecule has 0 aliphatic heterocycles. The van der Waals surface area contributed by atoms with Gasteiger partial charge in [0, 0.05) is 25.4 Å². The summed E-state index contributed by atoms with van der Waals surface area (Å²) in [5.74, 6) is 0.551. The smallest absolute Gasteiger partial charge is 0.291 e. The predicted octanol–water partition coefficient (Wildman–Crippen LogP) is 3.18. The van der Waals surface area contributed by atoms with Gasteiger partial charge in [0.15, 0.2) is 0 Å². The lowest BCUT2D eigenvalue weighted by molar-refractivity contribution is 0.0940. The Labute approximate surface area is 162 Å². The van der Waals surface area contributed by atoms with Crippen LogP contribution in [0.15, 0.2) is 85.2 Å². The van der Waals surface area contributed by atoms with Crippen molar-refractivity contribution in [2.75, 3.05) is 0 Å². The van der Waals surface area contributed by atoms with Crippen LogP contribution >= 0.6 is 0 Å². The zero-order chi connectivity index (χ0) is 19.2. The summed E-state index contributed by atoms with van der Waals surface area (Å²) in [7, 11) is 0. The number of para-hydroxylation sites is 1. The number of hydrogen-bond acceptors (Lipinski definition) is 4. The molecule has 2 aromatic carbocycles. The second-order valence-corrected chi connectivity index (χ2v) is 6.31. The standard InChI is InChI=1S/C22H19N5O/c28-22(24-16-18-10-7-13-23-15-18)21-25-20(14-17-8-3-1-4-9-17)27(26-21)19-11-5-2-6-12-19/h1-13,15H,14,16H2,(H,24,28). The highest BCUT2D eigenvalue weighted by Gasteiger charge is 2.17. The highest BCUT2D eigenvalue weighted by Crippen LogP contribution is 2.14. The number of amides is 1. The summed E-state index contributed by atoms with van der Waals surface area (Å²) in [6.45, 7) is 0.376. The molecule has 0 saturated heterocycles. The third kappa shape index (κ3) is 4.12. The molecule has 0 bridgehead atoms. The van der Waals surface area contributed by atoms with E-state index in [1.165, 1.54) is 0 Å². The van der Waals surface area contributed by atoms with Crippen LogP contribution < -0.4 is 5.32 Å². The number of aromatic nitrogens is 4. The van der Waals surface area contributed by atoms with Crippen LogP contribution in [0, 0.1) is 0 Å². The van der Waals surface area contributed by atoms with Gasteiger partial charge in [0.1, 0.15) is 5.82 Å². The fourth-order valence-electron chi connectivity index (χ4n) is 2.87. The minimum atomic E-state index is -0.312. The van der Waals surface area contributed by atoms with Crippen molar-refractivity contribution in [3.8, 4) is 5.69 Å². The Hall–Kier alpha value is -3.80. The van der Waals surface area contributed by atoms with Crippen molar-refractivity contribution in [1.82, 2.24) is 25.1 Å². The lowest BCUT2D eigenvalue weighted by Gasteiger charge is -2.05. The molecule has 0 aliphatic carbocycles. The molecule has 6 nitrogen and oxygen atoms in total. The molecular formula is C22H19N5O. The summed E-state index contributed by atoms with van der Waals surface area (Å²) in [6.07, 6.45) is 4.00. The van der Waals surface area contributed by atoms with Gasteiger partial charge in [0.2, 0.25) is 5.82 Å². The Morgan fingerprint density at radius 2 is 1.61 bits per heavy atom. The summed E-state index contributed by atoms with van der Waals surface area (Å²) >= 11 is 0. The molecule has 4 aromatic rings. The summed E-state index contributed by atoms with van der Waals surface area (Å²) in [6, 6.07) is 23.5.